The summed E-state index contributed by atoms with van der Waals surface area (Å²) in [5, 5.41) is 8.90. The fraction of sp³-hybridized carbons (Fsp3) is 0.462. The Kier molecular flexibility index (Phi) is 5.44. The van der Waals surface area contributed by atoms with Crippen molar-refractivity contribution in [1.29, 1.82) is 0 Å². The van der Waals surface area contributed by atoms with Crippen LogP contribution in [-0.2, 0) is 11.0 Å². The molecule has 0 fully saturated rings. The first-order chi connectivity index (χ1) is 9.16. The van der Waals surface area contributed by atoms with Gasteiger partial charge in [0, 0.05) is 17.6 Å². The number of alkyl halides is 3. The predicted octanol–water partition coefficient (Wildman–Crippen LogP) is 4.01. The van der Waals surface area contributed by atoms with E-state index in [1.54, 1.807) is 6.92 Å². The van der Waals surface area contributed by atoms with Crippen LogP contribution in [0.5, 0.6) is 0 Å². The van der Waals surface area contributed by atoms with E-state index in [4.69, 9.17) is 5.11 Å². The van der Waals surface area contributed by atoms with Gasteiger partial charge in [-0.3, -0.25) is 4.79 Å². The number of hydrogen-bond donors (Lipinski definition) is 1. The summed E-state index contributed by atoms with van der Waals surface area (Å²) < 4.78 is 39.6. The highest BCUT2D eigenvalue weighted by Gasteiger charge is 2.35. The van der Waals surface area contributed by atoms with Gasteiger partial charge >= 0.3 is 12.1 Å². The Morgan fingerprint density at radius 3 is 2.50 bits per heavy atom. The molecule has 3 nitrogen and oxygen atoms in total. The maximum atomic E-state index is 13.0. The summed E-state index contributed by atoms with van der Waals surface area (Å²) in [7, 11) is 0. The highest BCUT2D eigenvalue weighted by Crippen LogP contribution is 2.38. The second kappa shape index (κ2) is 6.47. The standard InChI is InChI=1S/C13H15BrF3NO2/c1-3-18(7-8(2)12(19)20)11-6-9(14)4-5-10(11)13(15,16)17/h4-6,8H,3,7H2,1-2H3,(H,19,20). The lowest BCUT2D eigenvalue weighted by Crippen LogP contribution is -2.33. The average molecular weight is 354 g/mol. The van der Waals surface area contributed by atoms with E-state index >= 15 is 0 Å². The molecule has 7 heteroatoms. The van der Waals surface area contributed by atoms with E-state index < -0.39 is 23.6 Å². The van der Waals surface area contributed by atoms with Crippen molar-refractivity contribution in [3.05, 3.63) is 28.2 Å². The fourth-order valence-corrected chi connectivity index (χ4v) is 2.16. The van der Waals surface area contributed by atoms with Crippen molar-refractivity contribution in [2.45, 2.75) is 20.0 Å². The van der Waals surface area contributed by atoms with E-state index in [-0.39, 0.29) is 18.8 Å². The molecule has 1 unspecified atom stereocenters. The first kappa shape index (κ1) is 16.8. The molecule has 1 N–H and O–H groups in total. The molecule has 0 aromatic heterocycles. The van der Waals surface area contributed by atoms with Crippen LogP contribution in [0.1, 0.15) is 19.4 Å². The summed E-state index contributed by atoms with van der Waals surface area (Å²) in [5.74, 6) is -1.79. The number of halogens is 4. The molecule has 112 valence electrons. The van der Waals surface area contributed by atoms with Crippen molar-refractivity contribution in [3.8, 4) is 0 Å². The molecule has 0 aliphatic rings. The molecule has 1 atom stereocenters. The Balaban J connectivity index is 3.20. The van der Waals surface area contributed by atoms with Crippen molar-refractivity contribution in [1.82, 2.24) is 0 Å². The number of aliphatic carboxylic acids is 1. The van der Waals surface area contributed by atoms with Crippen molar-refractivity contribution in [2.24, 2.45) is 5.92 Å². The van der Waals surface area contributed by atoms with E-state index in [0.717, 1.165) is 6.07 Å². The van der Waals surface area contributed by atoms with Gasteiger partial charge < -0.3 is 10.0 Å². The van der Waals surface area contributed by atoms with Gasteiger partial charge in [0.2, 0.25) is 0 Å². The Bertz CT molecular complexity index is 491. The number of nitrogens with zero attached hydrogens (tertiary/aromatic N) is 1. The van der Waals surface area contributed by atoms with Gasteiger partial charge in [-0.25, -0.2) is 0 Å². The molecule has 1 rings (SSSR count). The minimum absolute atomic E-state index is 0.0116. The predicted molar refractivity (Wildman–Crippen MR) is 73.8 cm³/mol. The topological polar surface area (TPSA) is 40.5 Å². The zero-order chi connectivity index (χ0) is 15.5. The van der Waals surface area contributed by atoms with Gasteiger partial charge in [-0.15, -0.1) is 0 Å². The number of anilines is 1. The number of carboxylic acids is 1. The third-order valence-electron chi connectivity index (χ3n) is 2.90. The molecule has 0 amide bonds. The van der Waals surface area contributed by atoms with Crippen LogP contribution in [0.2, 0.25) is 0 Å². The van der Waals surface area contributed by atoms with Gasteiger partial charge in [0.05, 0.1) is 17.2 Å². The quantitative estimate of drug-likeness (QED) is 0.869. The average Bonchev–Trinajstić information content (AvgIpc) is 2.33. The Labute approximate surface area is 123 Å². The van der Waals surface area contributed by atoms with Crippen molar-refractivity contribution in [2.75, 3.05) is 18.0 Å². The van der Waals surface area contributed by atoms with Crippen LogP contribution in [-0.4, -0.2) is 24.2 Å². The van der Waals surface area contributed by atoms with E-state index in [1.165, 1.54) is 24.0 Å². The molecule has 0 saturated heterocycles. The zero-order valence-corrected chi connectivity index (χ0v) is 12.6. The van der Waals surface area contributed by atoms with Crippen LogP contribution in [0.4, 0.5) is 18.9 Å². The molecule has 1 aromatic rings. The number of rotatable bonds is 5. The molecular weight excluding hydrogens is 339 g/mol. The van der Waals surface area contributed by atoms with E-state index in [1.807, 2.05) is 0 Å². The molecule has 20 heavy (non-hydrogen) atoms. The number of hydrogen-bond acceptors (Lipinski definition) is 2. The van der Waals surface area contributed by atoms with E-state index in [2.05, 4.69) is 15.9 Å². The highest BCUT2D eigenvalue weighted by atomic mass is 79.9. The monoisotopic (exact) mass is 353 g/mol. The lowest BCUT2D eigenvalue weighted by molar-refractivity contribution is -0.140. The Hall–Kier alpha value is -1.24. The fourth-order valence-electron chi connectivity index (χ4n) is 1.81. The number of benzene rings is 1. The molecule has 0 aliphatic carbocycles. The summed E-state index contributed by atoms with van der Waals surface area (Å²) in [4.78, 5) is 12.3. The van der Waals surface area contributed by atoms with Gasteiger partial charge in [-0.05, 0) is 25.1 Å². The van der Waals surface area contributed by atoms with Gasteiger partial charge in [-0.2, -0.15) is 13.2 Å². The summed E-state index contributed by atoms with van der Waals surface area (Å²) in [6.45, 7) is 3.47. The number of carboxylic acid groups (broad SMARTS) is 1. The lowest BCUT2D eigenvalue weighted by Gasteiger charge is -2.28. The van der Waals surface area contributed by atoms with Gasteiger partial charge in [-0.1, -0.05) is 22.9 Å². The van der Waals surface area contributed by atoms with Crippen LogP contribution in [0.25, 0.3) is 0 Å². The molecule has 0 aliphatic heterocycles. The minimum Gasteiger partial charge on any atom is -0.481 e. The van der Waals surface area contributed by atoms with Crippen LogP contribution >= 0.6 is 15.9 Å². The van der Waals surface area contributed by atoms with Crippen LogP contribution in [0.15, 0.2) is 22.7 Å². The van der Waals surface area contributed by atoms with Crippen LogP contribution in [0, 0.1) is 5.92 Å². The first-order valence-electron chi connectivity index (χ1n) is 6.01. The van der Waals surface area contributed by atoms with Crippen LogP contribution in [0.3, 0.4) is 0 Å². The molecule has 0 heterocycles. The number of carbonyl (C=O) groups is 1. The molecule has 1 aromatic carbocycles. The maximum Gasteiger partial charge on any atom is 0.418 e. The largest absolute Gasteiger partial charge is 0.481 e. The SMILES string of the molecule is CCN(CC(C)C(=O)O)c1cc(Br)ccc1C(F)(F)F. The second-order valence-corrected chi connectivity index (χ2v) is 5.35. The summed E-state index contributed by atoms with van der Waals surface area (Å²) >= 11 is 3.15. The first-order valence-corrected chi connectivity index (χ1v) is 6.80. The van der Waals surface area contributed by atoms with Gasteiger partial charge in [0.25, 0.3) is 0 Å². The smallest absolute Gasteiger partial charge is 0.418 e. The van der Waals surface area contributed by atoms with E-state index in [0.29, 0.717) is 4.47 Å². The second-order valence-electron chi connectivity index (χ2n) is 4.44. The van der Waals surface area contributed by atoms with Gasteiger partial charge in [0.1, 0.15) is 0 Å². The molecule has 0 saturated carbocycles. The molecule has 0 bridgehead atoms. The third kappa shape index (κ3) is 4.13. The lowest BCUT2D eigenvalue weighted by atomic mass is 10.1. The third-order valence-corrected chi connectivity index (χ3v) is 3.40. The van der Waals surface area contributed by atoms with Crippen molar-refractivity contribution in [3.63, 3.8) is 0 Å². The van der Waals surface area contributed by atoms with Crippen molar-refractivity contribution >= 4 is 27.6 Å². The Morgan fingerprint density at radius 1 is 1.45 bits per heavy atom. The summed E-state index contributed by atoms with van der Waals surface area (Å²) in [5.41, 5.74) is -0.775. The molecule has 0 spiro atoms. The van der Waals surface area contributed by atoms with Crippen molar-refractivity contribution < 1.29 is 23.1 Å². The maximum absolute atomic E-state index is 13.0. The zero-order valence-electron chi connectivity index (χ0n) is 11.0. The normalized spacial score (nSPS) is 13.1. The summed E-state index contributed by atoms with van der Waals surface area (Å²) in [6.07, 6.45) is -4.48. The minimum atomic E-state index is -4.48. The highest BCUT2D eigenvalue weighted by molar-refractivity contribution is 9.10. The molecular formula is C13H15BrF3NO2. The van der Waals surface area contributed by atoms with E-state index in [9.17, 15) is 18.0 Å². The summed E-state index contributed by atoms with van der Waals surface area (Å²) in [6, 6.07) is 3.68. The molecule has 0 radical (unpaired) electrons. The van der Waals surface area contributed by atoms with Crippen LogP contribution < -0.4 is 4.90 Å². The Morgan fingerprint density at radius 2 is 2.05 bits per heavy atom. The van der Waals surface area contributed by atoms with Gasteiger partial charge in [0.15, 0.2) is 0 Å².